The van der Waals surface area contributed by atoms with Crippen molar-refractivity contribution in [3.05, 3.63) is 93.4 Å². The molecule has 4 heterocycles. The van der Waals surface area contributed by atoms with Gasteiger partial charge in [-0.2, -0.15) is 0 Å². The second-order valence-corrected chi connectivity index (χ2v) is 8.47. The highest BCUT2D eigenvalue weighted by molar-refractivity contribution is 5.95. The third kappa shape index (κ3) is 4.16. The Morgan fingerprint density at radius 1 is 0.939 bits per heavy atom. The average molecular weight is 444 g/mol. The lowest BCUT2D eigenvalue weighted by atomic mass is 9.99. The summed E-state index contributed by atoms with van der Waals surface area (Å²) in [7, 11) is 0. The number of likely N-dealkylation sites (tertiary alicyclic amines) is 1. The number of pyridine rings is 1. The normalized spacial score (nSPS) is 18.0. The molecule has 0 bridgehead atoms. The lowest BCUT2D eigenvalue weighted by Gasteiger charge is -2.36. The van der Waals surface area contributed by atoms with Crippen molar-refractivity contribution in [3.8, 4) is 0 Å². The van der Waals surface area contributed by atoms with Gasteiger partial charge < -0.3 is 14.8 Å². The van der Waals surface area contributed by atoms with Gasteiger partial charge in [0.1, 0.15) is 5.82 Å². The number of piperidine rings is 1. The molecule has 5 rings (SSSR count). The molecule has 33 heavy (non-hydrogen) atoms. The van der Waals surface area contributed by atoms with E-state index < -0.39 is 0 Å². The molecular weight excluding hydrogens is 418 g/mol. The van der Waals surface area contributed by atoms with Crippen molar-refractivity contribution in [2.24, 2.45) is 0 Å². The molecule has 1 fully saturated rings. The number of hydrogen-bond donors (Lipinski definition) is 1. The van der Waals surface area contributed by atoms with E-state index in [0.29, 0.717) is 47.7 Å². The highest BCUT2D eigenvalue weighted by Gasteiger charge is 2.32. The minimum absolute atomic E-state index is 0.0600. The van der Waals surface area contributed by atoms with Crippen molar-refractivity contribution in [1.29, 1.82) is 0 Å². The lowest BCUT2D eigenvalue weighted by molar-refractivity contribution is 0.0598. The van der Waals surface area contributed by atoms with Crippen LogP contribution >= 0.6 is 0 Å². The van der Waals surface area contributed by atoms with Gasteiger partial charge in [0.2, 0.25) is 0 Å². The number of nitrogens with one attached hydrogen (secondary N) is 1. The van der Waals surface area contributed by atoms with E-state index in [-0.39, 0.29) is 30.0 Å². The molecule has 8 nitrogen and oxygen atoms in total. The highest BCUT2D eigenvalue weighted by Crippen LogP contribution is 2.30. The van der Waals surface area contributed by atoms with Crippen molar-refractivity contribution in [2.45, 2.75) is 38.3 Å². The second-order valence-electron chi connectivity index (χ2n) is 8.47. The molecule has 0 radical (unpaired) electrons. The first-order valence-electron chi connectivity index (χ1n) is 11.3. The van der Waals surface area contributed by atoms with Gasteiger partial charge in [0.05, 0.1) is 18.3 Å². The molecule has 1 saturated heterocycles. The zero-order chi connectivity index (χ0) is 22.8. The predicted octanol–water partition coefficient (Wildman–Crippen LogP) is 2.73. The zero-order valence-electron chi connectivity index (χ0n) is 18.2. The number of H-pyrrole nitrogens is 1. The number of aromatic nitrogens is 3. The van der Waals surface area contributed by atoms with E-state index in [1.165, 1.54) is 0 Å². The predicted molar refractivity (Wildman–Crippen MR) is 122 cm³/mol. The molecule has 0 spiro atoms. The van der Waals surface area contributed by atoms with E-state index in [1.807, 2.05) is 23.1 Å². The summed E-state index contributed by atoms with van der Waals surface area (Å²) < 4.78 is 0. The Kier molecular flexibility index (Phi) is 5.73. The summed E-state index contributed by atoms with van der Waals surface area (Å²) in [5.41, 5.74) is 2.24. The zero-order valence-corrected chi connectivity index (χ0v) is 18.2. The fourth-order valence-corrected chi connectivity index (χ4v) is 4.67. The Morgan fingerprint density at radius 3 is 2.48 bits per heavy atom. The van der Waals surface area contributed by atoms with E-state index in [4.69, 9.17) is 4.98 Å². The van der Waals surface area contributed by atoms with E-state index in [2.05, 4.69) is 9.97 Å². The number of nitrogens with zero attached hydrogens (tertiary/aromatic N) is 4. The van der Waals surface area contributed by atoms with Crippen molar-refractivity contribution >= 4 is 11.8 Å². The van der Waals surface area contributed by atoms with Crippen LogP contribution in [0.2, 0.25) is 0 Å². The van der Waals surface area contributed by atoms with Gasteiger partial charge in [-0.25, -0.2) is 4.98 Å². The number of fused-ring (bicyclic) bond motifs is 1. The van der Waals surface area contributed by atoms with Crippen molar-refractivity contribution in [3.63, 3.8) is 0 Å². The molecule has 1 N–H and O–H groups in total. The van der Waals surface area contributed by atoms with Gasteiger partial charge in [-0.15, -0.1) is 0 Å². The van der Waals surface area contributed by atoms with Gasteiger partial charge in [0.25, 0.3) is 17.4 Å². The molecular formula is C25H25N5O3. The van der Waals surface area contributed by atoms with Crippen LogP contribution in [-0.4, -0.2) is 49.7 Å². The Hall–Kier alpha value is -3.81. The minimum atomic E-state index is -0.296. The van der Waals surface area contributed by atoms with Gasteiger partial charge in [0.15, 0.2) is 0 Å². The Labute approximate surface area is 191 Å². The number of carbonyl (C=O) groups is 2. The number of benzene rings is 1. The smallest absolute Gasteiger partial charge is 0.254 e. The van der Waals surface area contributed by atoms with Gasteiger partial charge in [0, 0.05) is 42.2 Å². The molecule has 1 atom stereocenters. The van der Waals surface area contributed by atoms with Crippen LogP contribution < -0.4 is 5.56 Å². The van der Waals surface area contributed by atoms with Crippen molar-refractivity contribution in [2.75, 3.05) is 13.1 Å². The molecule has 0 saturated carbocycles. The van der Waals surface area contributed by atoms with Gasteiger partial charge in [-0.05, 0) is 49.9 Å². The second kappa shape index (κ2) is 8.97. The van der Waals surface area contributed by atoms with Crippen LogP contribution in [0.3, 0.4) is 0 Å². The summed E-state index contributed by atoms with van der Waals surface area (Å²) in [5.74, 6) is 0.335. The Morgan fingerprint density at radius 2 is 1.70 bits per heavy atom. The summed E-state index contributed by atoms with van der Waals surface area (Å²) in [6, 6.07) is 12.3. The standard InChI is InChI=1S/C25H25N5O3/c31-23-19-11-15-29(24(32)18-9-12-26-13-10-18)16-20(19)27-22(28-23)21-8-4-5-14-30(21)25(33)17-6-2-1-3-7-17/h1-3,6-7,9-10,12-13,21H,4-5,8,11,14-16H2,(H,27,28,31). The first-order valence-corrected chi connectivity index (χ1v) is 11.3. The monoisotopic (exact) mass is 443 g/mol. The van der Waals surface area contributed by atoms with E-state index in [1.54, 1.807) is 41.6 Å². The van der Waals surface area contributed by atoms with Gasteiger partial charge >= 0.3 is 0 Å². The number of amides is 2. The summed E-state index contributed by atoms with van der Waals surface area (Å²) in [6.45, 7) is 1.35. The summed E-state index contributed by atoms with van der Waals surface area (Å²) >= 11 is 0. The van der Waals surface area contributed by atoms with Crippen LogP contribution in [0.1, 0.15) is 63.1 Å². The molecule has 2 amide bonds. The maximum atomic E-state index is 13.2. The van der Waals surface area contributed by atoms with E-state index >= 15 is 0 Å². The van der Waals surface area contributed by atoms with Gasteiger partial charge in [-0.3, -0.25) is 19.4 Å². The van der Waals surface area contributed by atoms with Crippen LogP contribution in [-0.2, 0) is 13.0 Å². The van der Waals surface area contributed by atoms with Crippen molar-refractivity contribution in [1.82, 2.24) is 24.8 Å². The fourth-order valence-electron chi connectivity index (χ4n) is 4.67. The lowest BCUT2D eigenvalue weighted by Crippen LogP contribution is -2.42. The Bertz CT molecular complexity index is 1230. The molecule has 168 valence electrons. The average Bonchev–Trinajstić information content (AvgIpc) is 2.88. The Balaban J connectivity index is 1.44. The first-order chi connectivity index (χ1) is 16.1. The van der Waals surface area contributed by atoms with Crippen LogP contribution in [0.5, 0.6) is 0 Å². The molecule has 2 aliphatic rings. The van der Waals surface area contributed by atoms with E-state index in [9.17, 15) is 14.4 Å². The van der Waals surface area contributed by atoms with E-state index in [0.717, 1.165) is 19.3 Å². The number of rotatable bonds is 3. The molecule has 8 heteroatoms. The van der Waals surface area contributed by atoms with Crippen LogP contribution in [0.15, 0.2) is 59.7 Å². The molecule has 1 aromatic carbocycles. The molecule has 2 aliphatic heterocycles. The molecule has 3 aromatic rings. The van der Waals surface area contributed by atoms with Crippen LogP contribution in [0.25, 0.3) is 0 Å². The van der Waals surface area contributed by atoms with Crippen LogP contribution in [0, 0.1) is 0 Å². The quantitative estimate of drug-likeness (QED) is 0.671. The number of aromatic amines is 1. The topological polar surface area (TPSA) is 99.3 Å². The number of carbonyl (C=O) groups excluding carboxylic acids is 2. The maximum absolute atomic E-state index is 13.2. The first kappa shape index (κ1) is 21.1. The van der Waals surface area contributed by atoms with Gasteiger partial charge in [-0.1, -0.05) is 18.2 Å². The summed E-state index contributed by atoms with van der Waals surface area (Å²) in [4.78, 5) is 54.3. The third-order valence-electron chi connectivity index (χ3n) is 6.41. The summed E-state index contributed by atoms with van der Waals surface area (Å²) in [5, 5.41) is 0. The van der Waals surface area contributed by atoms with Crippen LogP contribution in [0.4, 0.5) is 0 Å². The highest BCUT2D eigenvalue weighted by atomic mass is 16.2. The number of hydrogen-bond acceptors (Lipinski definition) is 5. The minimum Gasteiger partial charge on any atom is -0.332 e. The SMILES string of the molecule is O=C(c1ccncc1)N1CCc2c(nc(C3CCCCN3C(=O)c3ccccc3)[nH]c2=O)C1. The summed E-state index contributed by atoms with van der Waals surface area (Å²) in [6.07, 6.45) is 6.24. The molecule has 1 unspecified atom stereocenters. The molecule has 2 aromatic heterocycles. The van der Waals surface area contributed by atoms with Crippen molar-refractivity contribution < 1.29 is 9.59 Å². The largest absolute Gasteiger partial charge is 0.332 e. The third-order valence-corrected chi connectivity index (χ3v) is 6.41. The molecule has 0 aliphatic carbocycles. The fraction of sp³-hybridized carbons (Fsp3) is 0.320. The maximum Gasteiger partial charge on any atom is 0.254 e.